The Morgan fingerprint density at radius 1 is 1.12 bits per heavy atom. The minimum absolute atomic E-state index is 0.00652. The summed E-state index contributed by atoms with van der Waals surface area (Å²) in [6.45, 7) is 4.05. The lowest BCUT2D eigenvalue weighted by atomic mass is 9.89. The van der Waals surface area contributed by atoms with E-state index in [1.54, 1.807) is 0 Å². The molecule has 6 nitrogen and oxygen atoms in total. The Kier molecular flexibility index (Phi) is 4.78. The molecule has 2 N–H and O–H groups in total. The fraction of sp³-hybridized carbons (Fsp3) is 0.526. The Bertz CT molecular complexity index is 718. The number of likely N-dealkylation sites (tertiary alicyclic amines) is 1. The second-order valence-electron chi connectivity index (χ2n) is 7.17. The lowest BCUT2D eigenvalue weighted by molar-refractivity contribution is -0.125. The summed E-state index contributed by atoms with van der Waals surface area (Å²) in [6.07, 6.45) is 5.00. The van der Waals surface area contributed by atoms with Gasteiger partial charge in [0.15, 0.2) is 0 Å². The zero-order valence-electron chi connectivity index (χ0n) is 14.5. The number of fused-ring (bicyclic) bond motifs is 1. The number of carbonyl (C=O) groups is 1. The third kappa shape index (κ3) is 3.90. The molecular formula is C19H25N5O. The van der Waals surface area contributed by atoms with Crippen molar-refractivity contribution < 1.29 is 4.79 Å². The van der Waals surface area contributed by atoms with E-state index in [1.807, 2.05) is 0 Å². The van der Waals surface area contributed by atoms with Crippen LogP contribution in [0.3, 0.4) is 0 Å². The lowest BCUT2D eigenvalue weighted by Gasteiger charge is -2.19. The Hall–Kier alpha value is -2.21. The molecule has 132 valence electrons. The number of rotatable bonds is 5. The highest BCUT2D eigenvalue weighted by molar-refractivity contribution is 5.79. The van der Waals surface area contributed by atoms with Crippen molar-refractivity contribution in [2.24, 2.45) is 5.92 Å². The van der Waals surface area contributed by atoms with E-state index in [1.165, 1.54) is 31.5 Å². The third-order valence-electron chi connectivity index (χ3n) is 5.34. The number of aromatic nitrogens is 3. The SMILES string of the molecule is O=C(NCc1ccc(CN2CCCC2)cc1)C1CCc2n[nH]nc2C1. The molecule has 25 heavy (non-hydrogen) atoms. The largest absolute Gasteiger partial charge is 0.352 e. The summed E-state index contributed by atoms with van der Waals surface area (Å²) in [5.74, 6) is 0.127. The second-order valence-corrected chi connectivity index (χ2v) is 7.17. The minimum atomic E-state index is 0.00652. The van der Waals surface area contributed by atoms with Gasteiger partial charge in [-0.15, -0.1) is 0 Å². The van der Waals surface area contributed by atoms with Gasteiger partial charge in [-0.25, -0.2) is 0 Å². The molecular weight excluding hydrogens is 314 g/mol. The van der Waals surface area contributed by atoms with Gasteiger partial charge in [-0.3, -0.25) is 9.69 Å². The molecule has 1 saturated heterocycles. The number of nitrogens with zero attached hydrogens (tertiary/aromatic N) is 3. The Morgan fingerprint density at radius 2 is 1.84 bits per heavy atom. The smallest absolute Gasteiger partial charge is 0.223 e. The molecule has 1 aliphatic carbocycles. The normalized spacial score (nSPS) is 20.4. The van der Waals surface area contributed by atoms with E-state index in [0.29, 0.717) is 13.0 Å². The summed E-state index contributed by atoms with van der Waals surface area (Å²) in [4.78, 5) is 14.9. The predicted molar refractivity (Wildman–Crippen MR) is 94.7 cm³/mol. The fourth-order valence-corrected chi connectivity index (χ4v) is 3.80. The van der Waals surface area contributed by atoms with Gasteiger partial charge in [0.25, 0.3) is 0 Å². The van der Waals surface area contributed by atoms with Crippen LogP contribution in [0, 0.1) is 5.92 Å². The summed E-state index contributed by atoms with van der Waals surface area (Å²) in [6, 6.07) is 8.62. The number of hydrogen-bond donors (Lipinski definition) is 2. The molecule has 1 aliphatic heterocycles. The van der Waals surface area contributed by atoms with Gasteiger partial charge in [-0.05, 0) is 49.9 Å². The summed E-state index contributed by atoms with van der Waals surface area (Å²) in [5.41, 5.74) is 4.45. The van der Waals surface area contributed by atoms with Crippen LogP contribution in [0.4, 0.5) is 0 Å². The van der Waals surface area contributed by atoms with Crippen molar-refractivity contribution in [1.29, 1.82) is 0 Å². The van der Waals surface area contributed by atoms with Gasteiger partial charge in [0, 0.05) is 25.4 Å². The Morgan fingerprint density at radius 3 is 2.64 bits per heavy atom. The molecule has 1 aromatic heterocycles. The van der Waals surface area contributed by atoms with E-state index in [0.717, 1.165) is 36.3 Å². The van der Waals surface area contributed by atoms with Crippen molar-refractivity contribution in [2.45, 2.75) is 45.2 Å². The molecule has 0 spiro atoms. The molecule has 4 rings (SSSR count). The van der Waals surface area contributed by atoms with Gasteiger partial charge in [-0.2, -0.15) is 15.4 Å². The first-order valence-electron chi connectivity index (χ1n) is 9.24. The number of H-pyrrole nitrogens is 1. The molecule has 1 atom stereocenters. The zero-order valence-corrected chi connectivity index (χ0v) is 14.5. The van der Waals surface area contributed by atoms with Gasteiger partial charge >= 0.3 is 0 Å². The second kappa shape index (κ2) is 7.35. The van der Waals surface area contributed by atoms with Gasteiger partial charge < -0.3 is 5.32 Å². The number of aryl methyl sites for hydroxylation is 1. The molecule has 0 bridgehead atoms. The van der Waals surface area contributed by atoms with Crippen LogP contribution < -0.4 is 5.32 Å². The molecule has 2 heterocycles. The van der Waals surface area contributed by atoms with Crippen LogP contribution in [-0.4, -0.2) is 39.3 Å². The van der Waals surface area contributed by atoms with Crippen LogP contribution >= 0.6 is 0 Å². The van der Waals surface area contributed by atoms with Crippen LogP contribution in [-0.2, 0) is 30.7 Å². The van der Waals surface area contributed by atoms with E-state index in [9.17, 15) is 4.79 Å². The molecule has 1 fully saturated rings. The number of carbonyl (C=O) groups excluding carboxylic acids is 1. The molecule has 1 unspecified atom stereocenters. The molecule has 2 aliphatic rings. The van der Waals surface area contributed by atoms with Crippen LogP contribution in [0.5, 0.6) is 0 Å². The van der Waals surface area contributed by atoms with Gasteiger partial charge in [0.1, 0.15) is 0 Å². The van der Waals surface area contributed by atoms with E-state index in [-0.39, 0.29) is 11.8 Å². The predicted octanol–water partition coefficient (Wildman–Crippen LogP) is 1.82. The highest BCUT2D eigenvalue weighted by atomic mass is 16.1. The zero-order chi connectivity index (χ0) is 17.1. The standard InChI is InChI=1S/C19H25N5O/c25-19(16-7-8-17-18(11-16)22-23-21-17)20-12-14-3-5-15(6-4-14)13-24-9-1-2-10-24/h3-6,16H,1-2,7-13H2,(H,20,25)(H,21,22,23). The molecule has 2 aromatic rings. The minimum Gasteiger partial charge on any atom is -0.352 e. The third-order valence-corrected chi connectivity index (χ3v) is 5.34. The highest BCUT2D eigenvalue weighted by Gasteiger charge is 2.26. The van der Waals surface area contributed by atoms with Crippen molar-refractivity contribution in [3.05, 3.63) is 46.8 Å². The topological polar surface area (TPSA) is 73.9 Å². The maximum Gasteiger partial charge on any atom is 0.223 e. The number of amides is 1. The van der Waals surface area contributed by atoms with Crippen LogP contribution in [0.2, 0.25) is 0 Å². The quantitative estimate of drug-likeness (QED) is 0.871. The van der Waals surface area contributed by atoms with Crippen LogP contribution in [0.25, 0.3) is 0 Å². The molecule has 1 amide bonds. The summed E-state index contributed by atoms with van der Waals surface area (Å²) < 4.78 is 0. The van der Waals surface area contributed by atoms with Crippen molar-refractivity contribution in [3.8, 4) is 0 Å². The van der Waals surface area contributed by atoms with Gasteiger partial charge in [0.2, 0.25) is 5.91 Å². The summed E-state index contributed by atoms with van der Waals surface area (Å²) >= 11 is 0. The van der Waals surface area contributed by atoms with Crippen molar-refractivity contribution >= 4 is 5.91 Å². The first kappa shape index (κ1) is 16.3. The average molecular weight is 339 g/mol. The molecule has 0 radical (unpaired) electrons. The maximum absolute atomic E-state index is 12.4. The Labute approximate surface area is 148 Å². The van der Waals surface area contributed by atoms with E-state index in [4.69, 9.17) is 0 Å². The van der Waals surface area contributed by atoms with Crippen LogP contribution in [0.1, 0.15) is 41.8 Å². The van der Waals surface area contributed by atoms with Crippen LogP contribution in [0.15, 0.2) is 24.3 Å². The molecule has 1 aromatic carbocycles. The summed E-state index contributed by atoms with van der Waals surface area (Å²) in [7, 11) is 0. The summed E-state index contributed by atoms with van der Waals surface area (Å²) in [5, 5.41) is 14.0. The van der Waals surface area contributed by atoms with E-state index < -0.39 is 0 Å². The van der Waals surface area contributed by atoms with Crippen molar-refractivity contribution in [3.63, 3.8) is 0 Å². The molecule has 6 heteroatoms. The van der Waals surface area contributed by atoms with E-state index >= 15 is 0 Å². The lowest BCUT2D eigenvalue weighted by Crippen LogP contribution is -2.33. The average Bonchev–Trinajstić information content (AvgIpc) is 3.31. The Balaban J connectivity index is 1.27. The van der Waals surface area contributed by atoms with Crippen molar-refractivity contribution in [1.82, 2.24) is 25.6 Å². The first-order valence-corrected chi connectivity index (χ1v) is 9.24. The maximum atomic E-state index is 12.4. The van der Waals surface area contributed by atoms with Gasteiger partial charge in [-0.1, -0.05) is 24.3 Å². The highest BCUT2D eigenvalue weighted by Crippen LogP contribution is 2.22. The number of nitrogens with one attached hydrogen (secondary N) is 2. The monoisotopic (exact) mass is 339 g/mol. The van der Waals surface area contributed by atoms with E-state index in [2.05, 4.69) is 49.9 Å². The fourth-order valence-electron chi connectivity index (χ4n) is 3.80. The first-order chi connectivity index (χ1) is 12.3. The number of aromatic amines is 1. The molecule has 0 saturated carbocycles. The van der Waals surface area contributed by atoms with Crippen molar-refractivity contribution in [2.75, 3.05) is 13.1 Å². The number of benzene rings is 1. The number of hydrogen-bond acceptors (Lipinski definition) is 4. The van der Waals surface area contributed by atoms with Gasteiger partial charge in [0.05, 0.1) is 11.4 Å².